The lowest BCUT2D eigenvalue weighted by Crippen LogP contribution is -2.63. The van der Waals surface area contributed by atoms with Crippen LogP contribution in [0.15, 0.2) is 30.7 Å². The zero-order valence-electron chi connectivity index (χ0n) is 14.5. The quantitative estimate of drug-likeness (QED) is 0.670. The number of ether oxygens (including phenoxy) is 1. The van der Waals surface area contributed by atoms with Crippen molar-refractivity contribution in [2.24, 2.45) is 0 Å². The first-order chi connectivity index (χ1) is 13.1. The number of hydrogen-bond acceptors (Lipinski definition) is 6. The van der Waals surface area contributed by atoms with Crippen LogP contribution in [0.25, 0.3) is 5.69 Å². The third-order valence-electron chi connectivity index (χ3n) is 3.99. The van der Waals surface area contributed by atoms with Crippen molar-refractivity contribution < 1.29 is 32.6 Å². The van der Waals surface area contributed by atoms with Crippen LogP contribution in [-0.2, 0) is 26.2 Å². The fraction of sp³-hybridized carbons (Fsp3) is 0.375. The maximum atomic E-state index is 13.7. The standard InChI is InChI=1S/C16H16F3N5O4/c1-9(25)13(26)22-15(14(27)21-6-7-28-15)12-11(16(17,18)19)8-24(23-12)10-2-4-20-5-3-10/h2-5,8-9,25H,6-7H2,1H3,(H,21,27)(H,22,26). The number of aromatic nitrogens is 3. The molecule has 0 radical (unpaired) electrons. The van der Waals surface area contributed by atoms with Crippen LogP contribution < -0.4 is 10.6 Å². The van der Waals surface area contributed by atoms with Gasteiger partial charge in [0.2, 0.25) is 0 Å². The summed E-state index contributed by atoms with van der Waals surface area (Å²) < 4.78 is 47.4. The highest BCUT2D eigenvalue weighted by Crippen LogP contribution is 2.38. The molecule has 0 aromatic carbocycles. The lowest BCUT2D eigenvalue weighted by molar-refractivity contribution is -0.173. The predicted molar refractivity (Wildman–Crippen MR) is 86.8 cm³/mol. The van der Waals surface area contributed by atoms with Gasteiger partial charge in [0.25, 0.3) is 17.5 Å². The van der Waals surface area contributed by atoms with Gasteiger partial charge in [-0.15, -0.1) is 0 Å². The third kappa shape index (κ3) is 3.55. The number of aliphatic hydroxyl groups excluding tert-OH is 1. The van der Waals surface area contributed by atoms with E-state index in [1.807, 2.05) is 0 Å². The highest BCUT2D eigenvalue weighted by molar-refractivity contribution is 5.92. The Morgan fingerprint density at radius 2 is 2.11 bits per heavy atom. The molecule has 2 amide bonds. The highest BCUT2D eigenvalue weighted by Gasteiger charge is 2.53. The molecule has 9 nitrogen and oxygen atoms in total. The minimum atomic E-state index is -4.90. The highest BCUT2D eigenvalue weighted by atomic mass is 19.4. The Labute approximate surface area is 156 Å². The third-order valence-corrected chi connectivity index (χ3v) is 3.99. The van der Waals surface area contributed by atoms with E-state index in [0.29, 0.717) is 6.20 Å². The van der Waals surface area contributed by atoms with Crippen molar-refractivity contribution in [2.75, 3.05) is 13.2 Å². The Bertz CT molecular complexity index is 884. The second kappa shape index (κ2) is 7.20. The lowest BCUT2D eigenvalue weighted by Gasteiger charge is -2.36. The maximum Gasteiger partial charge on any atom is 0.419 e. The Kier molecular flexibility index (Phi) is 5.08. The van der Waals surface area contributed by atoms with E-state index in [-0.39, 0.29) is 18.8 Å². The zero-order chi connectivity index (χ0) is 20.5. The molecule has 1 aliphatic rings. The summed E-state index contributed by atoms with van der Waals surface area (Å²) in [6.07, 6.45) is -3.08. The SMILES string of the molecule is CC(O)C(=O)NC1(c2nn(-c3ccncc3)cc2C(F)(F)F)OCCNC1=O. The van der Waals surface area contributed by atoms with Crippen LogP contribution in [0.4, 0.5) is 13.2 Å². The predicted octanol–water partition coefficient (Wildman–Crippen LogP) is 0.0823. The van der Waals surface area contributed by atoms with Gasteiger partial charge in [0.15, 0.2) is 0 Å². The van der Waals surface area contributed by atoms with E-state index in [9.17, 15) is 27.9 Å². The number of rotatable bonds is 4. The maximum absolute atomic E-state index is 13.7. The van der Waals surface area contributed by atoms with Crippen molar-refractivity contribution in [3.63, 3.8) is 0 Å². The summed E-state index contributed by atoms with van der Waals surface area (Å²) in [7, 11) is 0. The van der Waals surface area contributed by atoms with Crippen molar-refractivity contribution in [3.05, 3.63) is 42.0 Å². The number of amides is 2. The van der Waals surface area contributed by atoms with Crippen LogP contribution in [0.5, 0.6) is 0 Å². The lowest BCUT2D eigenvalue weighted by atomic mass is 10.0. The number of nitrogens with one attached hydrogen (secondary N) is 2. The summed E-state index contributed by atoms with van der Waals surface area (Å²) in [4.78, 5) is 28.4. The van der Waals surface area contributed by atoms with Gasteiger partial charge in [0.1, 0.15) is 17.4 Å². The fourth-order valence-electron chi connectivity index (χ4n) is 2.64. The number of carbonyl (C=O) groups is 2. The van der Waals surface area contributed by atoms with Gasteiger partial charge in [-0.3, -0.25) is 14.6 Å². The first kappa shape index (κ1) is 19.8. The summed E-state index contributed by atoms with van der Waals surface area (Å²) in [5.74, 6) is -2.12. The molecule has 0 saturated carbocycles. The van der Waals surface area contributed by atoms with Crippen LogP contribution in [0.3, 0.4) is 0 Å². The van der Waals surface area contributed by atoms with Crippen LogP contribution in [-0.4, -0.2) is 50.9 Å². The molecule has 28 heavy (non-hydrogen) atoms. The molecule has 2 unspecified atom stereocenters. The van der Waals surface area contributed by atoms with Crippen LogP contribution in [0, 0.1) is 0 Å². The fourth-order valence-corrected chi connectivity index (χ4v) is 2.64. The first-order valence-corrected chi connectivity index (χ1v) is 8.15. The van der Waals surface area contributed by atoms with Gasteiger partial charge in [-0.25, -0.2) is 4.68 Å². The van der Waals surface area contributed by atoms with E-state index < -0.39 is 41.1 Å². The molecule has 1 aliphatic heterocycles. The molecule has 2 atom stereocenters. The first-order valence-electron chi connectivity index (χ1n) is 8.15. The number of morpholine rings is 1. The van der Waals surface area contributed by atoms with Gasteiger partial charge in [-0.1, -0.05) is 0 Å². The smallest absolute Gasteiger partial charge is 0.384 e. The van der Waals surface area contributed by atoms with Crippen LogP contribution in [0.1, 0.15) is 18.2 Å². The minimum Gasteiger partial charge on any atom is -0.384 e. The molecule has 2 aromatic rings. The zero-order valence-corrected chi connectivity index (χ0v) is 14.5. The summed E-state index contributed by atoms with van der Waals surface area (Å²) in [5, 5.41) is 17.8. The summed E-state index contributed by atoms with van der Waals surface area (Å²) in [5.41, 5.74) is -4.41. The number of alkyl halides is 3. The number of aliphatic hydroxyl groups is 1. The van der Waals surface area contributed by atoms with Gasteiger partial charge in [0.05, 0.1) is 12.3 Å². The Hall–Kier alpha value is -2.99. The number of pyridine rings is 1. The van der Waals surface area contributed by atoms with E-state index in [1.165, 1.54) is 24.5 Å². The van der Waals surface area contributed by atoms with Gasteiger partial charge in [0, 0.05) is 25.1 Å². The molecule has 3 heterocycles. The molecule has 3 rings (SSSR count). The average Bonchev–Trinajstić information content (AvgIpc) is 3.11. The molecular formula is C16H16F3N5O4. The molecule has 3 N–H and O–H groups in total. The summed E-state index contributed by atoms with van der Waals surface area (Å²) in [6.45, 7) is 0.965. The Morgan fingerprint density at radius 1 is 1.43 bits per heavy atom. The Morgan fingerprint density at radius 3 is 2.68 bits per heavy atom. The van der Waals surface area contributed by atoms with Crippen molar-refractivity contribution in [3.8, 4) is 5.69 Å². The molecule has 0 aliphatic carbocycles. The topological polar surface area (TPSA) is 118 Å². The van der Waals surface area contributed by atoms with Crippen molar-refractivity contribution in [1.82, 2.24) is 25.4 Å². The normalized spacial score (nSPS) is 21.1. The van der Waals surface area contributed by atoms with E-state index in [0.717, 1.165) is 11.6 Å². The van der Waals surface area contributed by atoms with Crippen molar-refractivity contribution >= 4 is 11.8 Å². The van der Waals surface area contributed by atoms with Gasteiger partial charge >= 0.3 is 6.18 Å². The summed E-state index contributed by atoms with van der Waals surface area (Å²) in [6, 6.07) is 2.83. The average molecular weight is 399 g/mol. The Balaban J connectivity index is 2.20. The summed E-state index contributed by atoms with van der Waals surface area (Å²) >= 11 is 0. The van der Waals surface area contributed by atoms with Crippen molar-refractivity contribution in [1.29, 1.82) is 0 Å². The van der Waals surface area contributed by atoms with Crippen LogP contribution >= 0.6 is 0 Å². The van der Waals surface area contributed by atoms with E-state index in [2.05, 4.69) is 20.7 Å². The van der Waals surface area contributed by atoms with Crippen LogP contribution in [0.2, 0.25) is 0 Å². The van der Waals surface area contributed by atoms with E-state index in [1.54, 1.807) is 0 Å². The molecule has 150 valence electrons. The van der Waals surface area contributed by atoms with Crippen molar-refractivity contribution in [2.45, 2.75) is 24.9 Å². The molecule has 2 aromatic heterocycles. The van der Waals surface area contributed by atoms with Gasteiger partial charge in [-0.05, 0) is 19.1 Å². The number of carbonyl (C=O) groups excluding carboxylic acids is 2. The molecule has 1 saturated heterocycles. The second-order valence-corrected chi connectivity index (χ2v) is 5.99. The molecular weight excluding hydrogens is 383 g/mol. The second-order valence-electron chi connectivity index (χ2n) is 5.99. The van der Waals surface area contributed by atoms with Gasteiger partial charge in [-0.2, -0.15) is 18.3 Å². The van der Waals surface area contributed by atoms with Gasteiger partial charge < -0.3 is 20.5 Å². The largest absolute Gasteiger partial charge is 0.419 e. The van der Waals surface area contributed by atoms with E-state index in [4.69, 9.17) is 4.74 Å². The number of nitrogens with zero attached hydrogens (tertiary/aromatic N) is 3. The van der Waals surface area contributed by atoms with E-state index >= 15 is 0 Å². The minimum absolute atomic E-state index is 0.0392. The number of halogens is 3. The molecule has 1 fully saturated rings. The molecule has 0 spiro atoms. The molecule has 0 bridgehead atoms. The monoisotopic (exact) mass is 399 g/mol. The molecule has 12 heteroatoms. The number of hydrogen-bond donors (Lipinski definition) is 3.